The van der Waals surface area contributed by atoms with E-state index in [0.717, 1.165) is 30.7 Å². The summed E-state index contributed by atoms with van der Waals surface area (Å²) in [6.07, 6.45) is 3.97. The van der Waals surface area contributed by atoms with Gasteiger partial charge < -0.3 is 4.52 Å². The molecule has 2 saturated heterocycles. The summed E-state index contributed by atoms with van der Waals surface area (Å²) in [4.78, 5) is 18.2. The van der Waals surface area contributed by atoms with Gasteiger partial charge >= 0.3 is 0 Å². The van der Waals surface area contributed by atoms with Gasteiger partial charge in [0.05, 0.1) is 6.04 Å². The number of rotatable bonds is 3. The highest BCUT2D eigenvalue weighted by atomic mass is 32.2. The zero-order valence-corrected chi connectivity index (χ0v) is 14.0. The molecule has 2 atom stereocenters. The molecule has 2 aromatic rings. The molecule has 1 aromatic heterocycles. The zero-order valence-electron chi connectivity index (χ0n) is 13.2. The van der Waals surface area contributed by atoms with Gasteiger partial charge in [-0.25, -0.2) is 0 Å². The maximum atomic E-state index is 12.9. The second-order valence-corrected chi connectivity index (χ2v) is 6.93. The van der Waals surface area contributed by atoms with E-state index in [1.807, 2.05) is 13.0 Å². The Hall–Kier alpha value is -1.79. The molecule has 4 rings (SSSR count). The fraction of sp³-hybridized carbons (Fsp3) is 0.412. The number of carbonyl (C=O) groups is 1. The third-order valence-electron chi connectivity index (χ3n) is 4.65. The van der Waals surface area contributed by atoms with Gasteiger partial charge in [-0.3, -0.25) is 14.6 Å². The first-order valence-corrected chi connectivity index (χ1v) is 9.07. The molecule has 3 heterocycles. The highest BCUT2D eigenvalue weighted by Crippen LogP contribution is 2.42. The van der Waals surface area contributed by atoms with Gasteiger partial charge in [-0.1, -0.05) is 17.3 Å². The number of nitrogens with zero attached hydrogens (tertiary/aromatic N) is 3. The predicted octanol–water partition coefficient (Wildman–Crippen LogP) is 3.21. The van der Waals surface area contributed by atoms with Crippen LogP contribution in [0.3, 0.4) is 0 Å². The Bertz CT molecular complexity index is 728. The maximum absolute atomic E-state index is 12.9. The van der Waals surface area contributed by atoms with Crippen molar-refractivity contribution >= 4 is 23.5 Å². The molecular weight excluding hydrogens is 310 g/mol. The van der Waals surface area contributed by atoms with Gasteiger partial charge in [0.25, 0.3) is 0 Å². The van der Waals surface area contributed by atoms with Crippen LogP contribution in [0.4, 0.5) is 5.82 Å². The SMILES string of the molecule is CSc1ccc([C@@H]2N(c3cc(C)on3)C(=O)[C@@H]3CCCN23)cc1. The van der Waals surface area contributed by atoms with E-state index in [-0.39, 0.29) is 18.1 Å². The maximum Gasteiger partial charge on any atom is 0.247 e. The third kappa shape index (κ3) is 2.37. The van der Waals surface area contributed by atoms with Gasteiger partial charge in [-0.2, -0.15) is 0 Å². The summed E-state index contributed by atoms with van der Waals surface area (Å²) in [5, 5.41) is 4.08. The molecule has 0 bridgehead atoms. The van der Waals surface area contributed by atoms with Gasteiger partial charge in [-0.05, 0) is 43.7 Å². The molecule has 2 aliphatic rings. The molecule has 5 nitrogen and oxygen atoms in total. The second kappa shape index (κ2) is 5.69. The normalized spacial score (nSPS) is 24.4. The summed E-state index contributed by atoms with van der Waals surface area (Å²) < 4.78 is 5.20. The van der Waals surface area contributed by atoms with Crippen LogP contribution in [0.15, 0.2) is 39.8 Å². The lowest BCUT2D eigenvalue weighted by atomic mass is 10.1. The molecule has 23 heavy (non-hydrogen) atoms. The average Bonchev–Trinajstić information content (AvgIpc) is 3.25. The average molecular weight is 329 g/mol. The van der Waals surface area contributed by atoms with Crippen molar-refractivity contribution in [3.05, 3.63) is 41.7 Å². The lowest BCUT2D eigenvalue weighted by molar-refractivity contribution is -0.119. The minimum absolute atomic E-state index is 0.0303. The number of hydrogen-bond donors (Lipinski definition) is 0. The highest BCUT2D eigenvalue weighted by molar-refractivity contribution is 7.98. The van der Waals surface area contributed by atoms with Crippen molar-refractivity contribution in [2.24, 2.45) is 0 Å². The standard InChI is InChI=1S/C17H19N3O2S/c1-11-10-15(18-22-11)20-16(12-5-7-13(23-2)8-6-12)19-9-3-4-14(19)17(20)21/h5-8,10,14,16H,3-4,9H2,1-2H3/t14-,16-/m0/s1. The first kappa shape index (κ1) is 14.8. The van der Waals surface area contributed by atoms with Crippen LogP contribution in [0, 0.1) is 6.92 Å². The quantitative estimate of drug-likeness (QED) is 0.809. The van der Waals surface area contributed by atoms with E-state index >= 15 is 0 Å². The number of thioether (sulfide) groups is 1. The van der Waals surface area contributed by atoms with E-state index in [9.17, 15) is 4.79 Å². The van der Waals surface area contributed by atoms with Crippen LogP contribution >= 0.6 is 11.8 Å². The number of benzene rings is 1. The van der Waals surface area contributed by atoms with Crippen LogP contribution in [0.2, 0.25) is 0 Å². The molecule has 120 valence electrons. The fourth-order valence-corrected chi connectivity index (χ4v) is 4.01. The van der Waals surface area contributed by atoms with Crippen LogP contribution in [0.1, 0.15) is 30.3 Å². The smallest absolute Gasteiger partial charge is 0.247 e. The number of anilines is 1. The van der Waals surface area contributed by atoms with Crippen LogP contribution < -0.4 is 4.90 Å². The minimum atomic E-state index is -0.0876. The molecule has 0 saturated carbocycles. The van der Waals surface area contributed by atoms with Gasteiger partial charge in [0.15, 0.2) is 5.82 Å². The van der Waals surface area contributed by atoms with E-state index in [4.69, 9.17) is 4.52 Å². The molecule has 1 aromatic carbocycles. The van der Waals surface area contributed by atoms with Crippen LogP contribution in [-0.4, -0.2) is 34.8 Å². The van der Waals surface area contributed by atoms with Gasteiger partial charge in [0.2, 0.25) is 5.91 Å². The highest BCUT2D eigenvalue weighted by Gasteiger charge is 2.50. The summed E-state index contributed by atoms with van der Waals surface area (Å²) in [7, 11) is 0. The summed E-state index contributed by atoms with van der Waals surface area (Å²) in [5.41, 5.74) is 1.13. The van der Waals surface area contributed by atoms with Gasteiger partial charge in [0, 0.05) is 17.5 Å². The molecule has 0 radical (unpaired) electrons. The number of hydrogen-bond acceptors (Lipinski definition) is 5. The predicted molar refractivity (Wildman–Crippen MR) is 89.4 cm³/mol. The lowest BCUT2D eigenvalue weighted by Gasteiger charge is -2.28. The van der Waals surface area contributed by atoms with E-state index < -0.39 is 0 Å². The summed E-state index contributed by atoms with van der Waals surface area (Å²) >= 11 is 1.72. The number of carbonyl (C=O) groups excluding carboxylic acids is 1. The van der Waals surface area contributed by atoms with Crippen LogP contribution in [-0.2, 0) is 4.79 Å². The first-order chi connectivity index (χ1) is 11.2. The molecule has 2 fully saturated rings. The summed E-state index contributed by atoms with van der Waals surface area (Å²) in [6.45, 7) is 2.79. The van der Waals surface area contributed by atoms with Gasteiger partial charge in [0.1, 0.15) is 11.9 Å². The molecule has 6 heteroatoms. The van der Waals surface area contributed by atoms with Crippen molar-refractivity contribution in [2.75, 3.05) is 17.7 Å². The molecule has 0 aliphatic carbocycles. The van der Waals surface area contributed by atoms with Crippen molar-refractivity contribution in [2.45, 2.75) is 36.9 Å². The van der Waals surface area contributed by atoms with Crippen molar-refractivity contribution in [3.8, 4) is 0 Å². The Morgan fingerprint density at radius 3 is 2.74 bits per heavy atom. The van der Waals surface area contributed by atoms with E-state index in [1.54, 1.807) is 16.7 Å². The Morgan fingerprint density at radius 2 is 2.09 bits per heavy atom. The number of aryl methyl sites for hydroxylation is 1. The monoisotopic (exact) mass is 329 g/mol. The summed E-state index contributed by atoms with van der Waals surface area (Å²) in [5.74, 6) is 1.46. The number of aromatic nitrogens is 1. The summed E-state index contributed by atoms with van der Waals surface area (Å²) in [6, 6.07) is 10.3. The Labute approximate surface area is 139 Å². The topological polar surface area (TPSA) is 49.6 Å². The fourth-order valence-electron chi connectivity index (χ4n) is 3.60. The zero-order chi connectivity index (χ0) is 16.0. The van der Waals surface area contributed by atoms with Crippen molar-refractivity contribution in [1.82, 2.24) is 10.1 Å². The molecule has 0 unspecified atom stereocenters. The van der Waals surface area contributed by atoms with E-state index in [1.165, 1.54) is 4.90 Å². The molecule has 0 N–H and O–H groups in total. The Kier molecular flexibility index (Phi) is 3.66. The van der Waals surface area contributed by atoms with E-state index in [2.05, 4.69) is 40.6 Å². The molecule has 2 aliphatic heterocycles. The number of fused-ring (bicyclic) bond motifs is 1. The van der Waals surface area contributed by atoms with Crippen molar-refractivity contribution < 1.29 is 9.32 Å². The third-order valence-corrected chi connectivity index (χ3v) is 5.40. The Balaban J connectivity index is 1.76. The van der Waals surface area contributed by atoms with Gasteiger partial charge in [-0.15, -0.1) is 11.8 Å². The Morgan fingerprint density at radius 1 is 1.30 bits per heavy atom. The molecule has 0 spiro atoms. The van der Waals surface area contributed by atoms with Crippen LogP contribution in [0.25, 0.3) is 0 Å². The molecular formula is C17H19N3O2S. The molecule has 1 amide bonds. The second-order valence-electron chi connectivity index (χ2n) is 6.05. The first-order valence-electron chi connectivity index (χ1n) is 7.85. The van der Waals surface area contributed by atoms with Crippen molar-refractivity contribution in [3.63, 3.8) is 0 Å². The lowest BCUT2D eigenvalue weighted by Crippen LogP contribution is -2.32. The van der Waals surface area contributed by atoms with Crippen molar-refractivity contribution in [1.29, 1.82) is 0 Å². The number of amides is 1. The van der Waals surface area contributed by atoms with E-state index in [0.29, 0.717) is 5.82 Å². The largest absolute Gasteiger partial charge is 0.360 e. The van der Waals surface area contributed by atoms with Crippen LogP contribution in [0.5, 0.6) is 0 Å². The minimum Gasteiger partial charge on any atom is -0.360 e.